The van der Waals surface area contributed by atoms with E-state index in [9.17, 15) is 9.59 Å². The van der Waals surface area contributed by atoms with Crippen LogP contribution in [0.5, 0.6) is 5.88 Å². The fraction of sp³-hybridized carbons (Fsp3) is 0.684. The molecule has 2 atom stereocenters. The molecule has 0 aromatic carbocycles. The van der Waals surface area contributed by atoms with Crippen LogP contribution in [0.1, 0.15) is 47.2 Å². The largest absolute Gasteiger partial charge is 0.449 e. The van der Waals surface area contributed by atoms with Crippen molar-refractivity contribution >= 4 is 81.6 Å². The van der Waals surface area contributed by atoms with Crippen molar-refractivity contribution in [2.24, 2.45) is 10.8 Å². The molecular formula is C19H27Cl5N4O3S. The molecule has 0 aliphatic carbocycles. The lowest BCUT2D eigenvalue weighted by atomic mass is 9.96. The van der Waals surface area contributed by atoms with Crippen molar-refractivity contribution in [1.29, 1.82) is 0 Å². The number of ether oxygens (including phenoxy) is 1. The number of aryl methyl sites for hydroxylation is 1. The number of thioether (sulfide) groups is 1. The van der Waals surface area contributed by atoms with Crippen molar-refractivity contribution in [3.63, 3.8) is 0 Å². The number of nitrogens with zero attached hydrogens (tertiary/aromatic N) is 2. The average molecular weight is 569 g/mol. The van der Waals surface area contributed by atoms with Gasteiger partial charge in [0.25, 0.3) is 0 Å². The van der Waals surface area contributed by atoms with Gasteiger partial charge < -0.3 is 15.4 Å². The fourth-order valence-corrected chi connectivity index (χ4v) is 3.43. The van der Waals surface area contributed by atoms with Crippen molar-refractivity contribution in [3.8, 4) is 5.88 Å². The van der Waals surface area contributed by atoms with Gasteiger partial charge in [0.2, 0.25) is 27.7 Å². The summed E-state index contributed by atoms with van der Waals surface area (Å²) < 4.78 is 3.72. The van der Waals surface area contributed by atoms with Crippen LogP contribution < -0.4 is 15.4 Å². The van der Waals surface area contributed by atoms with Crippen molar-refractivity contribution in [2.45, 2.75) is 73.9 Å². The maximum Gasteiger partial charge on any atom is 0.246 e. The number of halogens is 5. The van der Waals surface area contributed by atoms with Gasteiger partial charge in [0.1, 0.15) is 10.2 Å². The molecule has 0 radical (unpaired) electrons. The number of aromatic nitrogens is 2. The minimum absolute atomic E-state index is 0.0483. The first kappa shape index (κ1) is 29.7. The first-order chi connectivity index (χ1) is 14.3. The van der Waals surface area contributed by atoms with Crippen LogP contribution in [0.2, 0.25) is 0 Å². The van der Waals surface area contributed by atoms with E-state index in [0.29, 0.717) is 5.69 Å². The van der Waals surface area contributed by atoms with Gasteiger partial charge in [0.05, 0.1) is 0 Å². The Morgan fingerprint density at radius 3 is 1.91 bits per heavy atom. The summed E-state index contributed by atoms with van der Waals surface area (Å²) in [7, 11) is 0. The first-order valence-electron chi connectivity index (χ1n) is 9.46. The Kier molecular flexibility index (Phi) is 10.5. The van der Waals surface area contributed by atoms with Crippen LogP contribution in [0, 0.1) is 17.8 Å². The van der Waals surface area contributed by atoms with Gasteiger partial charge in [-0.05, 0) is 6.92 Å². The molecule has 0 fully saturated rings. The minimum Gasteiger partial charge on any atom is -0.449 e. The van der Waals surface area contributed by atoms with Crippen LogP contribution >= 0.6 is 69.8 Å². The predicted octanol–water partition coefficient (Wildman–Crippen LogP) is 5.41. The summed E-state index contributed by atoms with van der Waals surface area (Å²) >= 11 is 31.2. The van der Waals surface area contributed by atoms with Gasteiger partial charge in [0.15, 0.2) is 5.16 Å². The van der Waals surface area contributed by atoms with Crippen molar-refractivity contribution in [3.05, 3.63) is 11.8 Å². The molecule has 0 saturated carbocycles. The van der Waals surface area contributed by atoms with E-state index in [0.717, 1.165) is 11.8 Å². The third kappa shape index (κ3) is 9.85. The fourth-order valence-electron chi connectivity index (χ4n) is 1.86. The summed E-state index contributed by atoms with van der Waals surface area (Å²) in [5.74, 6) is -0.579. The van der Waals surface area contributed by atoms with Gasteiger partial charge in [-0.3, -0.25) is 9.59 Å². The molecule has 0 spiro atoms. The second kappa shape index (κ2) is 11.4. The highest BCUT2D eigenvalue weighted by atomic mass is 35.6. The summed E-state index contributed by atoms with van der Waals surface area (Å²) in [6.45, 7) is 12.1. The lowest BCUT2D eigenvalue weighted by Gasteiger charge is -2.29. The number of alkyl halides is 5. The second-order valence-corrected chi connectivity index (χ2v) is 13.6. The SMILES string of the molecule is Cc1cc(O[C@H](NC(=O)C(C)(C)C)C(Cl)(Cl)Cl)nc(S[C@H](NC(=O)C(C)(C)C)C(Cl)Cl)n1. The van der Waals surface area contributed by atoms with Gasteiger partial charge in [0, 0.05) is 22.6 Å². The molecule has 182 valence electrons. The van der Waals surface area contributed by atoms with Crippen LogP contribution in [0.25, 0.3) is 0 Å². The van der Waals surface area contributed by atoms with E-state index in [2.05, 4.69) is 20.6 Å². The van der Waals surface area contributed by atoms with E-state index in [1.54, 1.807) is 48.5 Å². The number of amides is 2. The van der Waals surface area contributed by atoms with Crippen LogP contribution in [0.3, 0.4) is 0 Å². The molecule has 1 heterocycles. The Hall–Kier alpha value is -0.380. The molecule has 0 aliphatic rings. The number of carbonyl (C=O) groups excluding carboxylic acids is 2. The number of carbonyl (C=O) groups is 2. The van der Waals surface area contributed by atoms with Gasteiger partial charge in [-0.15, -0.1) is 23.2 Å². The molecule has 0 aliphatic heterocycles. The van der Waals surface area contributed by atoms with Crippen molar-refractivity contribution < 1.29 is 14.3 Å². The van der Waals surface area contributed by atoms with Crippen molar-refractivity contribution in [2.75, 3.05) is 0 Å². The monoisotopic (exact) mass is 566 g/mol. The minimum atomic E-state index is -1.98. The van der Waals surface area contributed by atoms with Gasteiger partial charge in [-0.1, -0.05) is 88.1 Å². The molecule has 7 nitrogen and oxygen atoms in total. The Bertz CT molecular complexity index is 823. The summed E-state index contributed by atoms with van der Waals surface area (Å²) in [6.07, 6.45) is -1.32. The molecule has 0 unspecified atom stereocenters. The van der Waals surface area contributed by atoms with Crippen LogP contribution in [-0.2, 0) is 9.59 Å². The zero-order valence-corrected chi connectivity index (χ0v) is 23.3. The van der Waals surface area contributed by atoms with E-state index in [-0.39, 0.29) is 22.9 Å². The van der Waals surface area contributed by atoms with E-state index in [1.807, 2.05) is 0 Å². The van der Waals surface area contributed by atoms with E-state index < -0.39 is 31.1 Å². The Morgan fingerprint density at radius 1 is 0.969 bits per heavy atom. The topological polar surface area (TPSA) is 93.2 Å². The molecule has 1 aromatic rings. The lowest BCUT2D eigenvalue weighted by molar-refractivity contribution is -0.131. The molecule has 2 N–H and O–H groups in total. The number of nitrogens with one attached hydrogen (secondary N) is 2. The van der Waals surface area contributed by atoms with Crippen molar-refractivity contribution in [1.82, 2.24) is 20.6 Å². The number of hydrogen-bond acceptors (Lipinski definition) is 6. The first-order valence-corrected chi connectivity index (χ1v) is 12.3. The zero-order valence-electron chi connectivity index (χ0n) is 18.7. The Morgan fingerprint density at radius 2 is 1.47 bits per heavy atom. The lowest BCUT2D eigenvalue weighted by Crippen LogP contribution is -2.51. The second-order valence-electron chi connectivity index (χ2n) is 8.99. The van der Waals surface area contributed by atoms with Crippen LogP contribution in [0.4, 0.5) is 0 Å². The normalized spacial score (nSPS) is 14.7. The maximum absolute atomic E-state index is 12.4. The number of rotatable bonds is 7. The van der Waals surface area contributed by atoms with Crippen LogP contribution in [-0.4, -0.2) is 42.0 Å². The maximum atomic E-state index is 12.4. The summed E-state index contributed by atoms with van der Waals surface area (Å²) in [5, 5.41) is 4.82. The highest BCUT2D eigenvalue weighted by molar-refractivity contribution is 7.99. The molecule has 32 heavy (non-hydrogen) atoms. The molecule has 2 amide bonds. The molecule has 0 bridgehead atoms. The van der Waals surface area contributed by atoms with E-state index in [1.165, 1.54) is 6.07 Å². The van der Waals surface area contributed by atoms with E-state index >= 15 is 0 Å². The summed E-state index contributed by atoms with van der Waals surface area (Å²) in [4.78, 5) is 32.4. The average Bonchev–Trinajstić information content (AvgIpc) is 2.57. The molecule has 0 saturated heterocycles. The highest BCUT2D eigenvalue weighted by Crippen LogP contribution is 2.33. The van der Waals surface area contributed by atoms with Gasteiger partial charge in [-0.2, -0.15) is 4.98 Å². The third-order valence-corrected chi connectivity index (χ3v) is 6.14. The smallest absolute Gasteiger partial charge is 0.246 e. The third-order valence-electron chi connectivity index (χ3n) is 3.71. The molecule has 1 rings (SSSR count). The van der Waals surface area contributed by atoms with Gasteiger partial charge in [-0.25, -0.2) is 4.98 Å². The Balaban J connectivity index is 3.13. The molecule has 13 heteroatoms. The molecular weight excluding hydrogens is 542 g/mol. The standard InChI is InChI=1S/C19H27Cl5N4O3S/c1-9-8-10(31-15(19(22,23)24)28-14(30)18(5,6)7)26-16(25-9)32-12(11(20)21)27-13(29)17(2,3)4/h8,11-12,15H,1-7H3,(H,27,29)(H,28,30)/t12-,15-/m0/s1. The zero-order chi connectivity index (χ0) is 25.1. The predicted molar refractivity (Wildman–Crippen MR) is 132 cm³/mol. The molecule has 1 aromatic heterocycles. The van der Waals surface area contributed by atoms with E-state index in [4.69, 9.17) is 62.7 Å². The van der Waals surface area contributed by atoms with Crippen LogP contribution in [0.15, 0.2) is 11.2 Å². The quantitative estimate of drug-likeness (QED) is 0.198. The summed E-state index contributed by atoms with van der Waals surface area (Å²) in [5.41, 5.74) is -0.857. The summed E-state index contributed by atoms with van der Waals surface area (Å²) in [6, 6.07) is 1.51. The number of hydrogen-bond donors (Lipinski definition) is 2. The Labute approximate surface area is 218 Å². The highest BCUT2D eigenvalue weighted by Gasteiger charge is 2.39. The van der Waals surface area contributed by atoms with Gasteiger partial charge >= 0.3 is 0 Å².